The number of aliphatic imine (C=N–C) groups is 1. The molecule has 1 heterocycles. The lowest BCUT2D eigenvalue weighted by Gasteiger charge is -2.07. The van der Waals surface area contributed by atoms with Crippen LogP contribution in [-0.4, -0.2) is 28.6 Å². The molecule has 0 bridgehead atoms. The summed E-state index contributed by atoms with van der Waals surface area (Å²) >= 11 is 0. The lowest BCUT2D eigenvalue weighted by Crippen LogP contribution is -2.06. The first-order chi connectivity index (χ1) is 10.1. The first-order valence-corrected chi connectivity index (χ1v) is 6.14. The molecule has 0 spiro atoms. The van der Waals surface area contributed by atoms with Gasteiger partial charge in [-0.1, -0.05) is 0 Å². The first kappa shape index (κ1) is 14.4. The van der Waals surface area contributed by atoms with Gasteiger partial charge in [-0.15, -0.1) is 0 Å². The van der Waals surface area contributed by atoms with Crippen molar-refractivity contribution < 1.29 is 14.7 Å². The van der Waals surface area contributed by atoms with E-state index in [1.165, 1.54) is 24.8 Å². The maximum atomic E-state index is 12.3. The highest BCUT2D eigenvalue weighted by atomic mass is 16.3. The van der Waals surface area contributed by atoms with E-state index in [0.29, 0.717) is 28.8 Å². The second-order valence-corrected chi connectivity index (χ2v) is 4.27. The third kappa shape index (κ3) is 3.30. The number of carbonyl (C=O) groups is 2. The number of hydrogen-bond donors (Lipinski definition) is 2. The number of phenolic OH excluding ortho intramolecular Hbond substituents is 1. The smallest absolute Gasteiger partial charge is 0.212 e. The van der Waals surface area contributed by atoms with Gasteiger partial charge in [0.05, 0.1) is 6.34 Å². The molecule has 0 aliphatic carbocycles. The molecule has 0 unspecified atom stereocenters. The van der Waals surface area contributed by atoms with Crippen LogP contribution < -0.4 is 5.32 Å². The second kappa shape index (κ2) is 6.42. The minimum Gasteiger partial charge on any atom is -0.506 e. The number of benzene rings is 1. The molecule has 0 saturated carbocycles. The molecule has 1 aromatic carbocycles. The van der Waals surface area contributed by atoms with Crippen LogP contribution in [0, 0.1) is 6.92 Å². The van der Waals surface area contributed by atoms with Crippen LogP contribution in [0.2, 0.25) is 0 Å². The number of phenols is 1. The number of nitrogens with zero attached hydrogens (tertiary/aromatic N) is 2. The molecule has 0 aliphatic heterocycles. The Hall–Kier alpha value is -3.02. The van der Waals surface area contributed by atoms with Crippen molar-refractivity contribution in [2.75, 3.05) is 0 Å². The lowest BCUT2D eigenvalue weighted by molar-refractivity contribution is -0.108. The molecular weight excluding hydrogens is 270 g/mol. The van der Waals surface area contributed by atoms with Gasteiger partial charge in [0.15, 0.2) is 5.78 Å². The molecule has 0 fully saturated rings. The largest absolute Gasteiger partial charge is 0.506 e. The van der Waals surface area contributed by atoms with E-state index in [1.54, 1.807) is 25.1 Å². The van der Waals surface area contributed by atoms with Crippen LogP contribution >= 0.6 is 0 Å². The Morgan fingerprint density at radius 3 is 2.62 bits per heavy atom. The fourth-order valence-corrected chi connectivity index (χ4v) is 1.86. The number of aromatic hydroxyl groups is 1. The highest BCUT2D eigenvalue weighted by Gasteiger charge is 2.13. The molecule has 0 aliphatic rings. The maximum absolute atomic E-state index is 12.3. The van der Waals surface area contributed by atoms with Crippen molar-refractivity contribution >= 4 is 24.2 Å². The van der Waals surface area contributed by atoms with E-state index in [0.717, 1.165) is 0 Å². The molecule has 6 heteroatoms. The maximum Gasteiger partial charge on any atom is 0.212 e. The van der Waals surface area contributed by atoms with E-state index in [-0.39, 0.29) is 11.5 Å². The Morgan fingerprint density at radius 2 is 2.00 bits per heavy atom. The molecule has 0 radical (unpaired) electrons. The van der Waals surface area contributed by atoms with Gasteiger partial charge < -0.3 is 10.4 Å². The summed E-state index contributed by atoms with van der Waals surface area (Å²) in [5.41, 5.74) is 1.77. The monoisotopic (exact) mass is 283 g/mol. The average molecular weight is 283 g/mol. The van der Waals surface area contributed by atoms with Gasteiger partial charge in [-0.3, -0.25) is 14.6 Å². The summed E-state index contributed by atoms with van der Waals surface area (Å²) in [4.78, 5) is 30.2. The van der Waals surface area contributed by atoms with Crippen molar-refractivity contribution in [3.63, 3.8) is 0 Å². The predicted molar refractivity (Wildman–Crippen MR) is 77.9 cm³/mol. The number of ketones is 1. The number of pyridine rings is 1. The Morgan fingerprint density at radius 1 is 1.29 bits per heavy atom. The van der Waals surface area contributed by atoms with Gasteiger partial charge in [-0.25, -0.2) is 4.99 Å². The van der Waals surface area contributed by atoms with E-state index < -0.39 is 0 Å². The van der Waals surface area contributed by atoms with E-state index in [2.05, 4.69) is 15.3 Å². The van der Waals surface area contributed by atoms with Crippen molar-refractivity contribution in [1.29, 1.82) is 0 Å². The lowest BCUT2D eigenvalue weighted by atomic mass is 10.0. The molecule has 2 aromatic rings. The Kier molecular flexibility index (Phi) is 4.40. The van der Waals surface area contributed by atoms with Crippen molar-refractivity contribution in [1.82, 2.24) is 10.3 Å². The van der Waals surface area contributed by atoms with Gasteiger partial charge in [0, 0.05) is 23.5 Å². The molecule has 6 nitrogen and oxygen atoms in total. The topological polar surface area (TPSA) is 91.7 Å². The van der Waals surface area contributed by atoms with Gasteiger partial charge in [0.1, 0.15) is 11.4 Å². The van der Waals surface area contributed by atoms with E-state index in [1.807, 2.05) is 0 Å². The zero-order chi connectivity index (χ0) is 15.2. The standard InChI is InChI=1S/C15H13N3O3/c1-10-6-12(15(21)11-2-4-16-5-3-11)7-13(20)14(10)18-8-17-9-19/h2-9,20H,1H3,(H,17,18,19). The van der Waals surface area contributed by atoms with Gasteiger partial charge >= 0.3 is 0 Å². The van der Waals surface area contributed by atoms with Crippen LogP contribution in [-0.2, 0) is 4.79 Å². The second-order valence-electron chi connectivity index (χ2n) is 4.27. The fraction of sp³-hybridized carbons (Fsp3) is 0.0667. The summed E-state index contributed by atoms with van der Waals surface area (Å²) in [7, 11) is 0. The Labute approximate surface area is 121 Å². The first-order valence-electron chi connectivity index (χ1n) is 6.14. The summed E-state index contributed by atoms with van der Waals surface area (Å²) < 4.78 is 0. The average Bonchev–Trinajstić information content (AvgIpc) is 2.50. The van der Waals surface area contributed by atoms with Gasteiger partial charge in [0.25, 0.3) is 0 Å². The Balaban J connectivity index is 2.36. The molecule has 1 aromatic heterocycles. The zero-order valence-electron chi connectivity index (χ0n) is 11.3. The summed E-state index contributed by atoms with van der Waals surface area (Å²) in [6, 6.07) is 6.20. The number of carbonyl (C=O) groups excluding carboxylic acids is 2. The van der Waals surface area contributed by atoms with Crippen LogP contribution in [0.15, 0.2) is 41.7 Å². The van der Waals surface area contributed by atoms with Crippen LogP contribution in [0.3, 0.4) is 0 Å². The van der Waals surface area contributed by atoms with Crippen LogP contribution in [0.1, 0.15) is 21.5 Å². The molecular formula is C15H13N3O3. The summed E-state index contributed by atoms with van der Waals surface area (Å²) in [6.07, 6.45) is 4.70. The number of aryl methyl sites for hydroxylation is 1. The molecule has 2 N–H and O–H groups in total. The van der Waals surface area contributed by atoms with Crippen molar-refractivity contribution in [3.8, 4) is 5.75 Å². The minimum atomic E-state index is -0.211. The zero-order valence-corrected chi connectivity index (χ0v) is 11.3. The summed E-state index contributed by atoms with van der Waals surface area (Å²) in [5, 5.41) is 12.2. The number of amides is 1. The molecule has 2 rings (SSSR count). The third-order valence-electron chi connectivity index (χ3n) is 2.82. The van der Waals surface area contributed by atoms with Gasteiger partial charge in [-0.2, -0.15) is 0 Å². The highest BCUT2D eigenvalue weighted by molar-refractivity contribution is 6.09. The SMILES string of the molecule is Cc1cc(C(=O)c2ccncc2)cc(O)c1N=CNC=O. The van der Waals surface area contributed by atoms with Crippen LogP contribution in [0.25, 0.3) is 0 Å². The molecule has 0 atom stereocenters. The van der Waals surface area contributed by atoms with Crippen LogP contribution in [0.5, 0.6) is 5.75 Å². The van der Waals surface area contributed by atoms with Gasteiger partial charge in [-0.05, 0) is 36.8 Å². The quantitative estimate of drug-likeness (QED) is 0.378. The molecule has 21 heavy (non-hydrogen) atoms. The van der Waals surface area contributed by atoms with E-state index >= 15 is 0 Å². The van der Waals surface area contributed by atoms with Crippen molar-refractivity contribution in [2.24, 2.45) is 4.99 Å². The molecule has 0 saturated heterocycles. The number of aromatic nitrogens is 1. The third-order valence-corrected chi connectivity index (χ3v) is 2.82. The Bertz CT molecular complexity index is 674. The molecule has 106 valence electrons. The highest BCUT2D eigenvalue weighted by Crippen LogP contribution is 2.32. The summed E-state index contributed by atoms with van der Waals surface area (Å²) in [5.74, 6) is -0.339. The number of rotatable bonds is 5. The number of hydrogen-bond acceptors (Lipinski definition) is 5. The van der Waals surface area contributed by atoms with E-state index in [4.69, 9.17) is 0 Å². The summed E-state index contributed by atoms with van der Waals surface area (Å²) in [6.45, 7) is 1.72. The fourth-order valence-electron chi connectivity index (χ4n) is 1.86. The van der Waals surface area contributed by atoms with Crippen LogP contribution in [0.4, 0.5) is 5.69 Å². The minimum absolute atomic E-state index is 0.128. The molecule has 1 amide bonds. The van der Waals surface area contributed by atoms with Crippen molar-refractivity contribution in [2.45, 2.75) is 6.92 Å². The normalized spacial score (nSPS) is 10.5. The van der Waals surface area contributed by atoms with Gasteiger partial charge in [0.2, 0.25) is 6.41 Å². The predicted octanol–water partition coefficient (Wildman–Crippen LogP) is 1.73. The van der Waals surface area contributed by atoms with E-state index in [9.17, 15) is 14.7 Å². The number of nitrogens with one attached hydrogen (secondary N) is 1. The van der Waals surface area contributed by atoms with Crippen molar-refractivity contribution in [3.05, 3.63) is 53.3 Å².